The molecule has 3 heteroatoms. The molecule has 4 saturated carbocycles. The van der Waals surface area contributed by atoms with Crippen molar-refractivity contribution in [1.29, 1.82) is 5.26 Å². The Hall–Kier alpha value is -1.14. The fourth-order valence-electron chi connectivity index (χ4n) is 7.32. The maximum absolute atomic E-state index is 12.0. The van der Waals surface area contributed by atoms with E-state index in [-0.39, 0.29) is 17.4 Å². The number of carbonyl (C=O) groups excluding carboxylic acids is 1. The molecule has 0 aromatic rings. The van der Waals surface area contributed by atoms with Crippen molar-refractivity contribution in [2.24, 2.45) is 34.5 Å². The average Bonchev–Trinajstić information content (AvgIpc) is 2.91. The fourth-order valence-corrected chi connectivity index (χ4v) is 7.32. The summed E-state index contributed by atoms with van der Waals surface area (Å²) < 4.78 is 0. The number of aliphatic hydroxyl groups excluding tert-OH is 1. The van der Waals surface area contributed by atoms with Crippen molar-refractivity contribution in [2.75, 3.05) is 6.61 Å². The number of fused-ring (bicyclic) bond motifs is 5. The van der Waals surface area contributed by atoms with E-state index < -0.39 is 0 Å². The third-order valence-electron chi connectivity index (χ3n) is 8.56. The fraction of sp³-hybridized carbons (Fsp3) is 0.810. The quantitative estimate of drug-likeness (QED) is 0.740. The molecule has 0 aromatic heterocycles. The monoisotopic (exact) mass is 327 g/mol. The summed E-state index contributed by atoms with van der Waals surface area (Å²) in [5, 5.41) is 19.5. The van der Waals surface area contributed by atoms with Crippen LogP contribution in [-0.2, 0) is 4.79 Å². The topological polar surface area (TPSA) is 61.1 Å². The number of rotatable bonds is 1. The maximum Gasteiger partial charge on any atom is 0.133 e. The maximum atomic E-state index is 12.0. The molecule has 0 bridgehead atoms. The zero-order chi connectivity index (χ0) is 16.9. The second-order valence-corrected chi connectivity index (χ2v) is 9.08. The molecule has 1 N–H and O–H groups in total. The Morgan fingerprint density at radius 3 is 2.79 bits per heavy atom. The number of allylic oxidation sites excluding steroid dienone is 2. The molecule has 0 radical (unpaired) electrons. The molecule has 3 nitrogen and oxygen atoms in total. The van der Waals surface area contributed by atoms with E-state index in [1.807, 2.05) is 6.08 Å². The molecule has 0 aromatic carbocycles. The Morgan fingerprint density at radius 2 is 2.04 bits per heavy atom. The van der Waals surface area contributed by atoms with Gasteiger partial charge in [0.25, 0.3) is 0 Å². The first-order chi connectivity index (χ1) is 11.5. The molecule has 6 atom stereocenters. The second-order valence-electron chi connectivity index (χ2n) is 9.08. The van der Waals surface area contributed by atoms with E-state index in [0.29, 0.717) is 42.3 Å². The van der Waals surface area contributed by atoms with E-state index in [1.54, 1.807) is 0 Å². The van der Waals surface area contributed by atoms with Crippen molar-refractivity contribution in [3.8, 4) is 6.07 Å². The lowest BCUT2D eigenvalue weighted by Crippen LogP contribution is -2.55. The first-order valence-electron chi connectivity index (χ1n) is 9.77. The summed E-state index contributed by atoms with van der Waals surface area (Å²) in [6.07, 6.45) is 11.0. The smallest absolute Gasteiger partial charge is 0.133 e. The van der Waals surface area contributed by atoms with Crippen LogP contribution in [0.4, 0.5) is 0 Å². The van der Waals surface area contributed by atoms with Crippen LogP contribution in [0.5, 0.6) is 0 Å². The molecule has 4 aliphatic carbocycles. The van der Waals surface area contributed by atoms with Gasteiger partial charge < -0.3 is 5.11 Å². The highest BCUT2D eigenvalue weighted by atomic mass is 16.3. The number of hydrogen-bond donors (Lipinski definition) is 1. The largest absolute Gasteiger partial charge is 0.396 e. The molecule has 0 spiro atoms. The number of aliphatic hydroxyl groups is 1. The lowest BCUT2D eigenvalue weighted by atomic mass is 9.44. The van der Waals surface area contributed by atoms with Crippen molar-refractivity contribution in [1.82, 2.24) is 0 Å². The van der Waals surface area contributed by atoms with Crippen molar-refractivity contribution in [3.63, 3.8) is 0 Å². The summed E-state index contributed by atoms with van der Waals surface area (Å²) >= 11 is 0. The predicted molar refractivity (Wildman–Crippen MR) is 91.8 cm³/mol. The molecule has 130 valence electrons. The summed E-state index contributed by atoms with van der Waals surface area (Å²) in [4.78, 5) is 12.0. The third-order valence-corrected chi connectivity index (χ3v) is 8.56. The molecule has 2 unspecified atom stereocenters. The van der Waals surface area contributed by atoms with Crippen LogP contribution in [-0.4, -0.2) is 17.5 Å². The molecule has 0 saturated heterocycles. The van der Waals surface area contributed by atoms with Crippen LogP contribution in [0, 0.1) is 45.8 Å². The van der Waals surface area contributed by atoms with Gasteiger partial charge in [-0.2, -0.15) is 5.26 Å². The molecule has 4 aliphatic rings. The molecule has 0 amide bonds. The zero-order valence-electron chi connectivity index (χ0n) is 14.8. The number of nitriles is 1. The second kappa shape index (κ2) is 5.70. The van der Waals surface area contributed by atoms with Crippen LogP contribution >= 0.6 is 0 Å². The normalized spacial score (nSPS) is 49.2. The number of ketones is 1. The Labute approximate surface area is 145 Å². The van der Waals surface area contributed by atoms with Gasteiger partial charge in [-0.25, -0.2) is 0 Å². The zero-order valence-corrected chi connectivity index (χ0v) is 14.8. The van der Waals surface area contributed by atoms with Gasteiger partial charge in [-0.1, -0.05) is 12.5 Å². The van der Waals surface area contributed by atoms with Crippen LogP contribution in [0.1, 0.15) is 64.7 Å². The highest BCUT2D eigenvalue weighted by Crippen LogP contribution is 2.67. The van der Waals surface area contributed by atoms with Gasteiger partial charge in [0, 0.05) is 30.9 Å². The highest BCUT2D eigenvalue weighted by molar-refractivity contribution is 5.79. The third kappa shape index (κ3) is 2.08. The minimum absolute atomic E-state index is 0.000146. The Morgan fingerprint density at radius 1 is 1.21 bits per heavy atom. The average molecular weight is 327 g/mol. The number of hydrogen-bond acceptors (Lipinski definition) is 3. The van der Waals surface area contributed by atoms with Gasteiger partial charge >= 0.3 is 0 Å². The van der Waals surface area contributed by atoms with Gasteiger partial charge in [0.2, 0.25) is 0 Å². The number of nitrogens with zero attached hydrogens (tertiary/aromatic N) is 1. The summed E-state index contributed by atoms with van der Waals surface area (Å²) in [5.74, 6) is 2.73. The van der Waals surface area contributed by atoms with E-state index in [9.17, 15) is 9.90 Å². The van der Waals surface area contributed by atoms with Gasteiger partial charge in [0.15, 0.2) is 0 Å². The van der Waals surface area contributed by atoms with Gasteiger partial charge in [0.1, 0.15) is 5.78 Å². The molecule has 24 heavy (non-hydrogen) atoms. The Kier molecular flexibility index (Phi) is 3.88. The Balaban J connectivity index is 1.67. The molecule has 0 heterocycles. The van der Waals surface area contributed by atoms with Gasteiger partial charge in [-0.05, 0) is 74.0 Å². The first-order valence-corrected chi connectivity index (χ1v) is 9.77. The summed E-state index contributed by atoms with van der Waals surface area (Å²) in [6.45, 7) is 2.64. The van der Waals surface area contributed by atoms with Gasteiger partial charge in [-0.15, -0.1) is 0 Å². The summed E-state index contributed by atoms with van der Waals surface area (Å²) in [5.41, 5.74) is 1.57. The first kappa shape index (κ1) is 16.3. The highest BCUT2D eigenvalue weighted by Gasteiger charge is 2.60. The minimum atomic E-state index is -0.000146. The predicted octanol–water partition coefficient (Wildman–Crippen LogP) is 4.02. The van der Waals surface area contributed by atoms with Crippen molar-refractivity contribution in [3.05, 3.63) is 11.6 Å². The molecular formula is C21H29NO2. The lowest BCUT2D eigenvalue weighted by Gasteiger charge is -2.60. The van der Waals surface area contributed by atoms with E-state index >= 15 is 0 Å². The van der Waals surface area contributed by atoms with Crippen molar-refractivity contribution >= 4 is 5.78 Å². The molecule has 4 fully saturated rings. The van der Waals surface area contributed by atoms with Crippen molar-refractivity contribution < 1.29 is 9.90 Å². The van der Waals surface area contributed by atoms with E-state index in [0.717, 1.165) is 32.1 Å². The van der Waals surface area contributed by atoms with Crippen LogP contribution in [0.2, 0.25) is 0 Å². The van der Waals surface area contributed by atoms with Crippen LogP contribution in [0.25, 0.3) is 0 Å². The van der Waals surface area contributed by atoms with Crippen molar-refractivity contribution in [2.45, 2.75) is 64.7 Å². The van der Waals surface area contributed by atoms with E-state index in [4.69, 9.17) is 5.26 Å². The Bertz CT molecular complexity index is 618. The molecule has 4 rings (SSSR count). The van der Waals surface area contributed by atoms with Gasteiger partial charge in [-0.3, -0.25) is 4.79 Å². The van der Waals surface area contributed by atoms with Crippen LogP contribution in [0.3, 0.4) is 0 Å². The summed E-state index contributed by atoms with van der Waals surface area (Å²) in [6, 6.07) is 2.27. The number of Topliss-reactive ketones (excluding diaryl/α,β-unsaturated/α-hetero) is 1. The van der Waals surface area contributed by atoms with Crippen LogP contribution < -0.4 is 0 Å². The van der Waals surface area contributed by atoms with E-state index in [1.165, 1.54) is 18.4 Å². The lowest BCUT2D eigenvalue weighted by molar-refractivity contribution is -0.148. The summed E-state index contributed by atoms with van der Waals surface area (Å²) in [7, 11) is 0. The standard InChI is InChI=1S/C21H29NO2/c1-20-9-7-19-17(18(20)5-3-14(20)8-11-22)4-2-15-12-16(24)6-10-21(15,19)13-23/h8,15,17-19,23H,2-7,9-10,12-13H2,1H3/b14-8-/t15-,17+,18?,19?,20-,21-/m1/s1. The van der Waals surface area contributed by atoms with Crippen LogP contribution in [0.15, 0.2) is 11.6 Å². The van der Waals surface area contributed by atoms with E-state index in [2.05, 4.69) is 13.0 Å². The molecule has 0 aliphatic heterocycles. The SMILES string of the molecule is C[C@]12CCC3[C@@H](CC[C@@H]4CC(=O)CC[C@]34CO)C1CC/C2=C/C#N. The number of carbonyl (C=O) groups is 1. The van der Waals surface area contributed by atoms with Gasteiger partial charge in [0.05, 0.1) is 6.07 Å². The molecular weight excluding hydrogens is 298 g/mol. The minimum Gasteiger partial charge on any atom is -0.396 e.